The van der Waals surface area contributed by atoms with E-state index in [1.165, 1.54) is 0 Å². The second-order valence-corrected chi connectivity index (χ2v) is 3.16. The van der Waals surface area contributed by atoms with Gasteiger partial charge in [-0.25, -0.2) is 0 Å². The van der Waals surface area contributed by atoms with Crippen molar-refractivity contribution in [3.05, 3.63) is 29.8 Å². The molecule has 0 atom stereocenters. The van der Waals surface area contributed by atoms with E-state index >= 15 is 0 Å². The smallest absolute Gasteiger partial charge is 0.251 e. The Hall–Kier alpha value is -1.95. The van der Waals surface area contributed by atoms with Gasteiger partial charge in [0, 0.05) is 18.5 Å². The third kappa shape index (κ3) is 3.66. The number of ether oxygens (including phenoxy) is 1. The summed E-state index contributed by atoms with van der Waals surface area (Å²) in [6.07, 6.45) is 0.679. The van der Waals surface area contributed by atoms with E-state index in [1.54, 1.807) is 38.3 Å². The summed E-state index contributed by atoms with van der Waals surface area (Å²) in [6.45, 7) is 2.36. The van der Waals surface area contributed by atoms with Crippen LogP contribution in [0.1, 0.15) is 23.7 Å². The Balaban J connectivity index is 2.48. The Kier molecular flexibility index (Phi) is 4.94. The molecule has 0 unspecified atom stereocenters. The minimum atomic E-state index is -0.0828. The number of carbonyl (C=O) groups excluding carboxylic acids is 1. The lowest BCUT2D eigenvalue weighted by Crippen LogP contribution is -2.24. The van der Waals surface area contributed by atoms with E-state index in [0.717, 1.165) is 5.75 Å². The largest absolute Gasteiger partial charge is 0.497 e. The second-order valence-electron chi connectivity index (χ2n) is 3.16. The molecular formula is C13H15NO2. The van der Waals surface area contributed by atoms with Crippen molar-refractivity contribution < 1.29 is 9.53 Å². The molecule has 0 heterocycles. The first-order valence-corrected chi connectivity index (χ1v) is 5.09. The lowest BCUT2D eigenvalue weighted by atomic mass is 10.2. The van der Waals surface area contributed by atoms with Crippen molar-refractivity contribution in [1.29, 1.82) is 0 Å². The van der Waals surface area contributed by atoms with Crippen molar-refractivity contribution in [3.8, 4) is 17.6 Å². The van der Waals surface area contributed by atoms with Crippen molar-refractivity contribution in [2.75, 3.05) is 13.7 Å². The van der Waals surface area contributed by atoms with Gasteiger partial charge in [-0.3, -0.25) is 4.79 Å². The zero-order valence-corrected chi connectivity index (χ0v) is 9.54. The molecule has 1 rings (SSSR count). The number of rotatable bonds is 4. The highest BCUT2D eigenvalue weighted by molar-refractivity contribution is 5.94. The number of benzene rings is 1. The van der Waals surface area contributed by atoms with Gasteiger partial charge < -0.3 is 10.1 Å². The van der Waals surface area contributed by atoms with Crippen LogP contribution in [0.4, 0.5) is 0 Å². The Morgan fingerprint density at radius 3 is 2.62 bits per heavy atom. The molecule has 0 aliphatic carbocycles. The number of nitrogens with one attached hydrogen (secondary N) is 1. The van der Waals surface area contributed by atoms with E-state index in [9.17, 15) is 4.79 Å². The molecule has 0 aliphatic rings. The van der Waals surface area contributed by atoms with E-state index < -0.39 is 0 Å². The van der Waals surface area contributed by atoms with Gasteiger partial charge in [0.05, 0.1) is 7.11 Å². The molecule has 16 heavy (non-hydrogen) atoms. The van der Waals surface area contributed by atoms with Crippen LogP contribution < -0.4 is 10.1 Å². The summed E-state index contributed by atoms with van der Waals surface area (Å²) < 4.78 is 5.01. The number of hydrogen-bond donors (Lipinski definition) is 1. The normalized spacial score (nSPS) is 8.88. The molecule has 1 amide bonds. The quantitative estimate of drug-likeness (QED) is 0.617. The van der Waals surface area contributed by atoms with Crippen LogP contribution in [-0.4, -0.2) is 19.6 Å². The predicted molar refractivity (Wildman–Crippen MR) is 63.4 cm³/mol. The zero-order valence-electron chi connectivity index (χ0n) is 9.54. The summed E-state index contributed by atoms with van der Waals surface area (Å²) in [7, 11) is 1.60. The molecule has 3 heteroatoms. The molecule has 3 nitrogen and oxygen atoms in total. The van der Waals surface area contributed by atoms with Crippen molar-refractivity contribution in [2.45, 2.75) is 13.3 Å². The Morgan fingerprint density at radius 1 is 1.38 bits per heavy atom. The van der Waals surface area contributed by atoms with Crippen molar-refractivity contribution in [1.82, 2.24) is 5.32 Å². The number of hydrogen-bond acceptors (Lipinski definition) is 2. The van der Waals surface area contributed by atoms with Gasteiger partial charge in [-0.15, -0.1) is 11.8 Å². The summed E-state index contributed by atoms with van der Waals surface area (Å²) in [5.41, 5.74) is 0.630. The van der Waals surface area contributed by atoms with Crippen molar-refractivity contribution >= 4 is 5.91 Å². The number of amides is 1. The molecule has 0 aliphatic heterocycles. The van der Waals surface area contributed by atoms with E-state index in [0.29, 0.717) is 18.5 Å². The van der Waals surface area contributed by atoms with Gasteiger partial charge in [-0.1, -0.05) is 0 Å². The molecule has 0 bridgehead atoms. The van der Waals surface area contributed by atoms with Crippen LogP contribution in [0.3, 0.4) is 0 Å². The van der Waals surface area contributed by atoms with Crippen LogP contribution in [0.5, 0.6) is 5.75 Å². The van der Waals surface area contributed by atoms with E-state index in [2.05, 4.69) is 17.2 Å². The number of carbonyl (C=O) groups is 1. The first-order valence-electron chi connectivity index (χ1n) is 5.09. The van der Waals surface area contributed by atoms with Gasteiger partial charge in [0.25, 0.3) is 5.91 Å². The molecule has 84 valence electrons. The van der Waals surface area contributed by atoms with Crippen LogP contribution in [0.25, 0.3) is 0 Å². The Morgan fingerprint density at radius 2 is 2.06 bits per heavy atom. The first-order chi connectivity index (χ1) is 7.77. The van der Waals surface area contributed by atoms with Gasteiger partial charge in [0.2, 0.25) is 0 Å². The SMILES string of the molecule is CC#CCCNC(=O)c1ccc(OC)cc1. The van der Waals surface area contributed by atoms with E-state index in [4.69, 9.17) is 4.74 Å². The lowest BCUT2D eigenvalue weighted by molar-refractivity contribution is 0.0954. The Bertz CT molecular complexity index is 398. The summed E-state index contributed by atoms with van der Waals surface area (Å²) in [6, 6.07) is 7.00. The van der Waals surface area contributed by atoms with E-state index in [1.807, 2.05) is 0 Å². The standard InChI is InChI=1S/C13H15NO2/c1-3-4-5-10-14-13(15)11-6-8-12(16-2)9-7-11/h6-9H,5,10H2,1-2H3,(H,14,15). The highest BCUT2D eigenvalue weighted by atomic mass is 16.5. The van der Waals surface area contributed by atoms with Gasteiger partial charge in [0.15, 0.2) is 0 Å². The summed E-state index contributed by atoms with van der Waals surface area (Å²) in [5.74, 6) is 6.33. The highest BCUT2D eigenvalue weighted by Gasteiger charge is 2.03. The number of methoxy groups -OCH3 is 1. The molecule has 0 saturated carbocycles. The van der Waals surface area contributed by atoms with Crippen molar-refractivity contribution in [3.63, 3.8) is 0 Å². The van der Waals surface area contributed by atoms with Gasteiger partial charge in [-0.05, 0) is 31.2 Å². The minimum Gasteiger partial charge on any atom is -0.497 e. The predicted octanol–water partition coefficient (Wildman–Crippen LogP) is 1.84. The zero-order chi connectivity index (χ0) is 11.8. The molecule has 0 radical (unpaired) electrons. The molecule has 1 aromatic carbocycles. The van der Waals surface area contributed by atoms with E-state index in [-0.39, 0.29) is 5.91 Å². The molecule has 0 fully saturated rings. The fourth-order valence-electron chi connectivity index (χ4n) is 1.21. The van der Waals surface area contributed by atoms with Crippen LogP contribution in [-0.2, 0) is 0 Å². The molecule has 1 N–H and O–H groups in total. The maximum absolute atomic E-state index is 11.6. The average molecular weight is 217 g/mol. The molecule has 1 aromatic rings. The van der Waals surface area contributed by atoms with Crippen LogP contribution >= 0.6 is 0 Å². The third-order valence-electron chi connectivity index (χ3n) is 2.06. The summed E-state index contributed by atoms with van der Waals surface area (Å²) in [5, 5.41) is 2.79. The first kappa shape index (κ1) is 12.1. The topological polar surface area (TPSA) is 38.3 Å². The van der Waals surface area contributed by atoms with Crippen LogP contribution in [0, 0.1) is 11.8 Å². The third-order valence-corrected chi connectivity index (χ3v) is 2.06. The molecular weight excluding hydrogens is 202 g/mol. The maximum atomic E-state index is 11.6. The highest BCUT2D eigenvalue weighted by Crippen LogP contribution is 2.10. The average Bonchev–Trinajstić information content (AvgIpc) is 2.34. The van der Waals surface area contributed by atoms with Crippen molar-refractivity contribution in [2.24, 2.45) is 0 Å². The van der Waals surface area contributed by atoms with Gasteiger partial charge >= 0.3 is 0 Å². The minimum absolute atomic E-state index is 0.0828. The maximum Gasteiger partial charge on any atom is 0.251 e. The van der Waals surface area contributed by atoms with Gasteiger partial charge in [-0.2, -0.15) is 0 Å². The summed E-state index contributed by atoms with van der Waals surface area (Å²) in [4.78, 5) is 11.6. The second kappa shape index (κ2) is 6.52. The molecule has 0 saturated heterocycles. The monoisotopic (exact) mass is 217 g/mol. The fourth-order valence-corrected chi connectivity index (χ4v) is 1.21. The molecule has 0 aromatic heterocycles. The lowest BCUT2D eigenvalue weighted by Gasteiger charge is -2.04. The van der Waals surface area contributed by atoms with Gasteiger partial charge in [0.1, 0.15) is 5.75 Å². The molecule has 0 spiro atoms. The van der Waals surface area contributed by atoms with Crippen LogP contribution in [0.2, 0.25) is 0 Å². The Labute approximate surface area is 95.8 Å². The fraction of sp³-hybridized carbons (Fsp3) is 0.308. The van der Waals surface area contributed by atoms with Crippen LogP contribution in [0.15, 0.2) is 24.3 Å². The summed E-state index contributed by atoms with van der Waals surface area (Å²) >= 11 is 0.